The summed E-state index contributed by atoms with van der Waals surface area (Å²) in [6.45, 7) is 5.54. The van der Waals surface area contributed by atoms with Gasteiger partial charge in [-0.25, -0.2) is 4.98 Å². The second-order valence-electron chi connectivity index (χ2n) is 8.03. The lowest BCUT2D eigenvalue weighted by atomic mass is 10.1. The van der Waals surface area contributed by atoms with Crippen LogP contribution in [0.15, 0.2) is 22.0 Å². The van der Waals surface area contributed by atoms with E-state index in [0.717, 1.165) is 86.8 Å². The van der Waals surface area contributed by atoms with Crippen molar-refractivity contribution in [3.63, 3.8) is 0 Å². The summed E-state index contributed by atoms with van der Waals surface area (Å²) in [6.07, 6.45) is 6.67. The number of rotatable bonds is 3. The van der Waals surface area contributed by atoms with Crippen molar-refractivity contribution < 1.29 is 8.95 Å². The number of hydrogen-bond acceptors (Lipinski definition) is 8. The number of anilines is 2. The molecule has 4 aliphatic rings. The first-order chi connectivity index (χ1) is 14.7. The molecule has 1 N–H and O–H groups in total. The number of aliphatic imine (C=N–C) groups is 1. The molecule has 2 unspecified atom stereocenters. The van der Waals surface area contributed by atoms with Gasteiger partial charge in [-0.3, -0.25) is 9.20 Å². The Balaban J connectivity index is 1.32. The average molecular weight is 451 g/mol. The number of ether oxygens (including phenoxy) is 1. The van der Waals surface area contributed by atoms with Gasteiger partial charge in [0.15, 0.2) is 0 Å². The fraction of sp³-hybridized carbons (Fsp3) is 0.650. The smallest absolute Gasteiger partial charge is 0.227 e. The van der Waals surface area contributed by atoms with Crippen LogP contribution in [0.5, 0.6) is 0 Å². The molecule has 2 atom stereocenters. The molecular formula is C20H27ClN6O2S. The molecule has 162 valence electrons. The number of dihydropyridines is 1. The molecule has 8 nitrogen and oxygen atoms in total. The molecular weight excluding hydrogens is 424 g/mol. The Hall–Kier alpha value is -1.71. The monoisotopic (exact) mass is 450 g/mol. The molecule has 2 fully saturated rings. The number of nitrogens with one attached hydrogen (secondary N) is 1. The third kappa shape index (κ3) is 4.20. The van der Waals surface area contributed by atoms with E-state index in [1.54, 1.807) is 0 Å². The predicted molar refractivity (Wildman–Crippen MR) is 119 cm³/mol. The van der Waals surface area contributed by atoms with Gasteiger partial charge in [0, 0.05) is 57.6 Å². The molecule has 5 heterocycles. The maximum absolute atomic E-state index is 12.6. The predicted octanol–water partition coefficient (Wildman–Crippen LogP) is 1.43. The Labute approximate surface area is 184 Å². The van der Waals surface area contributed by atoms with Gasteiger partial charge in [-0.15, -0.1) is 11.6 Å². The van der Waals surface area contributed by atoms with Crippen molar-refractivity contribution in [1.29, 1.82) is 0 Å². The number of halogens is 1. The van der Waals surface area contributed by atoms with Gasteiger partial charge in [-0.2, -0.15) is 4.98 Å². The molecule has 0 bridgehead atoms. The van der Waals surface area contributed by atoms with E-state index in [1.165, 1.54) is 0 Å². The maximum Gasteiger partial charge on any atom is 0.227 e. The van der Waals surface area contributed by atoms with Crippen LogP contribution in [0, 0.1) is 0 Å². The highest BCUT2D eigenvalue weighted by Gasteiger charge is 2.30. The molecule has 0 aromatic carbocycles. The van der Waals surface area contributed by atoms with Crippen molar-refractivity contribution in [2.45, 2.75) is 35.6 Å². The van der Waals surface area contributed by atoms with E-state index in [9.17, 15) is 4.21 Å². The normalized spacial score (nSPS) is 27.2. The first-order valence-corrected chi connectivity index (χ1v) is 12.4. The molecule has 1 aromatic heterocycles. The summed E-state index contributed by atoms with van der Waals surface area (Å²) in [7, 11) is -1.02. The number of nitrogens with zero attached hydrogens (tertiary/aromatic N) is 5. The van der Waals surface area contributed by atoms with Crippen LogP contribution in [-0.4, -0.2) is 88.0 Å². The number of aryl methyl sites for hydroxylation is 1. The van der Waals surface area contributed by atoms with Crippen LogP contribution in [0.1, 0.15) is 18.5 Å². The van der Waals surface area contributed by atoms with Crippen LogP contribution >= 0.6 is 11.6 Å². The van der Waals surface area contributed by atoms with Gasteiger partial charge in [0.25, 0.3) is 0 Å². The molecule has 2 saturated heterocycles. The minimum Gasteiger partial charge on any atom is -0.381 e. The summed E-state index contributed by atoms with van der Waals surface area (Å²) in [5.41, 5.74) is 0.933. The standard InChI is InChI=1S/C20H27ClN6O2S/c21-14-1-2-17(22-13-14)26-6-8-27(9-7-26)20-24-16-5-12-30(28)18(16)19(25-20)23-15-3-10-29-11-4-15/h1-2,14-15H,3-13H2,(H,23,24,25). The van der Waals surface area contributed by atoms with Crippen molar-refractivity contribution in [3.05, 3.63) is 17.8 Å². The summed E-state index contributed by atoms with van der Waals surface area (Å²) in [5, 5.41) is 3.56. The van der Waals surface area contributed by atoms with E-state index in [2.05, 4.69) is 20.1 Å². The van der Waals surface area contributed by atoms with Gasteiger partial charge in [0.1, 0.15) is 16.5 Å². The highest BCUT2D eigenvalue weighted by Crippen LogP contribution is 2.31. The van der Waals surface area contributed by atoms with Crippen molar-refractivity contribution in [1.82, 2.24) is 14.9 Å². The highest BCUT2D eigenvalue weighted by molar-refractivity contribution is 7.85. The maximum atomic E-state index is 12.6. The number of alkyl halides is 1. The number of amidine groups is 1. The Kier molecular flexibility index (Phi) is 5.93. The minimum atomic E-state index is -1.02. The first kappa shape index (κ1) is 20.2. The second kappa shape index (κ2) is 8.80. The van der Waals surface area contributed by atoms with E-state index in [1.807, 2.05) is 12.2 Å². The molecule has 0 radical (unpaired) electrons. The Morgan fingerprint density at radius 3 is 2.63 bits per heavy atom. The molecule has 0 saturated carbocycles. The third-order valence-electron chi connectivity index (χ3n) is 6.01. The van der Waals surface area contributed by atoms with Gasteiger partial charge >= 0.3 is 0 Å². The Morgan fingerprint density at radius 2 is 1.90 bits per heavy atom. The average Bonchev–Trinajstić information content (AvgIpc) is 3.16. The zero-order valence-electron chi connectivity index (χ0n) is 16.9. The number of hydrogen-bond donors (Lipinski definition) is 1. The van der Waals surface area contributed by atoms with Crippen molar-refractivity contribution in [2.24, 2.45) is 4.99 Å². The van der Waals surface area contributed by atoms with Crippen LogP contribution in [0.4, 0.5) is 11.8 Å². The van der Waals surface area contributed by atoms with E-state index in [-0.39, 0.29) is 5.38 Å². The molecule has 1 aromatic rings. The molecule has 0 spiro atoms. The summed E-state index contributed by atoms with van der Waals surface area (Å²) < 4.78 is 18.0. The number of fused-ring (bicyclic) bond motifs is 1. The molecule has 10 heteroatoms. The first-order valence-electron chi connectivity index (χ1n) is 10.7. The summed E-state index contributed by atoms with van der Waals surface area (Å²) in [5.74, 6) is 3.15. The second-order valence-corrected chi connectivity index (χ2v) is 10.1. The lowest BCUT2D eigenvalue weighted by Gasteiger charge is -2.36. The van der Waals surface area contributed by atoms with Gasteiger partial charge in [0.05, 0.1) is 28.4 Å². The Morgan fingerprint density at radius 1 is 1.13 bits per heavy atom. The minimum absolute atomic E-state index is 0.00190. The quantitative estimate of drug-likeness (QED) is 0.697. The molecule has 30 heavy (non-hydrogen) atoms. The van der Waals surface area contributed by atoms with E-state index >= 15 is 0 Å². The third-order valence-corrected chi connectivity index (χ3v) is 7.75. The van der Waals surface area contributed by atoms with Gasteiger partial charge in [0.2, 0.25) is 5.95 Å². The van der Waals surface area contributed by atoms with Crippen molar-refractivity contribution >= 4 is 40.0 Å². The van der Waals surface area contributed by atoms with Crippen LogP contribution in [0.3, 0.4) is 0 Å². The van der Waals surface area contributed by atoms with Gasteiger partial charge < -0.3 is 19.9 Å². The Bertz CT molecular complexity index is 880. The fourth-order valence-electron chi connectivity index (χ4n) is 4.28. The molecule has 0 aliphatic carbocycles. The van der Waals surface area contributed by atoms with E-state index in [0.29, 0.717) is 18.3 Å². The largest absolute Gasteiger partial charge is 0.381 e. The lowest BCUT2D eigenvalue weighted by Crippen LogP contribution is -2.49. The highest BCUT2D eigenvalue weighted by atomic mass is 35.5. The van der Waals surface area contributed by atoms with E-state index in [4.69, 9.17) is 26.3 Å². The van der Waals surface area contributed by atoms with Crippen LogP contribution in [0.25, 0.3) is 0 Å². The number of piperazine rings is 1. The van der Waals surface area contributed by atoms with Gasteiger partial charge in [-0.1, -0.05) is 6.08 Å². The zero-order chi connectivity index (χ0) is 20.5. The van der Waals surface area contributed by atoms with Crippen LogP contribution in [0.2, 0.25) is 0 Å². The lowest BCUT2D eigenvalue weighted by molar-refractivity contribution is 0.0903. The fourth-order valence-corrected chi connectivity index (χ4v) is 5.74. The molecule has 5 rings (SSSR count). The van der Waals surface area contributed by atoms with Crippen LogP contribution in [-0.2, 0) is 22.0 Å². The van der Waals surface area contributed by atoms with Crippen molar-refractivity contribution in [2.75, 3.05) is 61.9 Å². The van der Waals surface area contributed by atoms with Crippen molar-refractivity contribution in [3.8, 4) is 0 Å². The summed E-state index contributed by atoms with van der Waals surface area (Å²) >= 11 is 6.09. The SMILES string of the molecule is O=S1CCc2nc(N3CCN(C4=NCC(Cl)C=C4)CC3)nc(NC3CCOCC3)c21. The zero-order valence-corrected chi connectivity index (χ0v) is 18.5. The summed E-state index contributed by atoms with van der Waals surface area (Å²) in [4.78, 5) is 19.6. The molecule has 4 aliphatic heterocycles. The topological polar surface area (TPSA) is 83.0 Å². The van der Waals surface area contributed by atoms with Gasteiger partial charge in [-0.05, 0) is 18.9 Å². The molecule has 0 amide bonds. The van der Waals surface area contributed by atoms with E-state index < -0.39 is 10.8 Å². The number of aromatic nitrogens is 2. The van der Waals surface area contributed by atoms with Crippen LogP contribution < -0.4 is 10.2 Å². The summed E-state index contributed by atoms with van der Waals surface area (Å²) in [6, 6.07) is 0.307.